The maximum absolute atomic E-state index is 13.0. The first-order valence-electron chi connectivity index (χ1n) is 12.5. The molecular weight excluding hydrogens is 370 g/mol. The first-order valence-corrected chi connectivity index (χ1v) is 12.5. The molecule has 172 valence electrons. The average molecular weight is 419 g/mol. The molecule has 3 nitrogen and oxygen atoms in total. The van der Waals surface area contributed by atoms with Gasteiger partial charge in [0.2, 0.25) is 0 Å². The summed E-state index contributed by atoms with van der Waals surface area (Å²) in [5.74, 6) is -0.00428. The highest BCUT2D eigenvalue weighted by atomic mass is 16.5. The number of nitrogens with zero attached hydrogens (tertiary/aromatic N) is 1. The molecule has 0 heterocycles. The zero-order chi connectivity index (χ0) is 22.1. The van der Waals surface area contributed by atoms with Crippen LogP contribution < -0.4 is 0 Å². The van der Waals surface area contributed by atoms with E-state index >= 15 is 0 Å². The highest BCUT2D eigenvalue weighted by molar-refractivity contribution is 5.74. The van der Waals surface area contributed by atoms with Gasteiger partial charge in [-0.25, -0.2) is 4.79 Å². The fourth-order valence-corrected chi connectivity index (χ4v) is 4.19. The van der Waals surface area contributed by atoms with Crippen molar-refractivity contribution in [1.82, 2.24) is 0 Å². The summed E-state index contributed by atoms with van der Waals surface area (Å²) in [6, 6.07) is 10.4. The molecule has 0 spiro atoms. The maximum atomic E-state index is 13.0. The number of carbonyl (C=O) groups excluding carboxylic acids is 1. The molecule has 0 amide bonds. The molecule has 0 saturated heterocycles. The van der Waals surface area contributed by atoms with Crippen LogP contribution in [0.5, 0.6) is 0 Å². The quantitative estimate of drug-likeness (QED) is 0.142. The molecule has 1 atom stereocenters. The minimum Gasteiger partial charge on any atom is -0.461 e. The second kappa shape index (κ2) is 16.4. The van der Waals surface area contributed by atoms with Crippen LogP contribution in [-0.2, 0) is 16.1 Å². The number of benzene rings is 1. The predicted octanol–water partition coefficient (Wildman–Crippen LogP) is 7.29. The Morgan fingerprint density at radius 1 is 0.800 bits per heavy atom. The SMILES string of the molecule is CCCCCCCCCC[C@@H](C(=O)OCCCCCC)[N+](C)(C)Cc1ccccc1. The normalized spacial score (nSPS) is 12.7. The molecule has 0 aliphatic heterocycles. The second-order valence-corrected chi connectivity index (χ2v) is 9.43. The molecule has 0 saturated carbocycles. The number of rotatable bonds is 18. The Morgan fingerprint density at radius 3 is 1.93 bits per heavy atom. The standard InChI is InChI=1S/C27H48NO2/c1-5-7-9-11-12-13-14-18-22-26(27(29)30-23-19-10-8-6-2)28(3,4)24-25-20-16-15-17-21-25/h15-17,20-21,26H,5-14,18-19,22-24H2,1-4H3/q+1/t26-/m0/s1. The van der Waals surface area contributed by atoms with Crippen molar-refractivity contribution >= 4 is 5.97 Å². The van der Waals surface area contributed by atoms with Gasteiger partial charge in [-0.05, 0) is 12.8 Å². The van der Waals surface area contributed by atoms with Crippen LogP contribution >= 0.6 is 0 Å². The zero-order valence-electron chi connectivity index (χ0n) is 20.3. The van der Waals surface area contributed by atoms with Crippen LogP contribution in [0.2, 0.25) is 0 Å². The number of hydrogen-bond donors (Lipinski definition) is 0. The van der Waals surface area contributed by atoms with Crippen LogP contribution in [0.4, 0.5) is 0 Å². The molecule has 0 aliphatic rings. The van der Waals surface area contributed by atoms with Gasteiger partial charge in [0.25, 0.3) is 0 Å². The highest BCUT2D eigenvalue weighted by Gasteiger charge is 2.35. The van der Waals surface area contributed by atoms with E-state index in [1.54, 1.807) is 0 Å². The Balaban J connectivity index is 2.56. The summed E-state index contributed by atoms with van der Waals surface area (Å²) in [6.45, 7) is 5.89. The largest absolute Gasteiger partial charge is 0.461 e. The van der Waals surface area contributed by atoms with E-state index in [1.165, 1.54) is 63.4 Å². The van der Waals surface area contributed by atoms with Crippen LogP contribution in [0.25, 0.3) is 0 Å². The van der Waals surface area contributed by atoms with Crippen LogP contribution in [0.15, 0.2) is 30.3 Å². The molecule has 0 aliphatic carbocycles. The molecule has 0 radical (unpaired) electrons. The van der Waals surface area contributed by atoms with Crippen molar-refractivity contribution in [3.05, 3.63) is 35.9 Å². The van der Waals surface area contributed by atoms with E-state index in [4.69, 9.17) is 4.74 Å². The molecule has 1 rings (SSSR count). The smallest absolute Gasteiger partial charge is 0.364 e. The lowest BCUT2D eigenvalue weighted by Crippen LogP contribution is -2.52. The zero-order valence-corrected chi connectivity index (χ0v) is 20.3. The van der Waals surface area contributed by atoms with E-state index in [-0.39, 0.29) is 12.0 Å². The summed E-state index contributed by atoms with van der Waals surface area (Å²) in [7, 11) is 4.36. The van der Waals surface area contributed by atoms with Crippen molar-refractivity contribution in [3.63, 3.8) is 0 Å². The molecule has 30 heavy (non-hydrogen) atoms. The van der Waals surface area contributed by atoms with Crippen LogP contribution in [0.3, 0.4) is 0 Å². The van der Waals surface area contributed by atoms with Crippen molar-refractivity contribution in [3.8, 4) is 0 Å². The summed E-state index contributed by atoms with van der Waals surface area (Å²) < 4.78 is 6.40. The average Bonchev–Trinajstić information content (AvgIpc) is 2.72. The Hall–Kier alpha value is -1.35. The summed E-state index contributed by atoms with van der Waals surface area (Å²) in [5.41, 5.74) is 1.28. The van der Waals surface area contributed by atoms with E-state index in [0.29, 0.717) is 11.1 Å². The lowest BCUT2D eigenvalue weighted by atomic mass is 10.0. The van der Waals surface area contributed by atoms with Gasteiger partial charge < -0.3 is 9.22 Å². The van der Waals surface area contributed by atoms with Gasteiger partial charge in [0.1, 0.15) is 6.54 Å². The van der Waals surface area contributed by atoms with Gasteiger partial charge in [-0.15, -0.1) is 0 Å². The van der Waals surface area contributed by atoms with Crippen LogP contribution in [0.1, 0.15) is 103 Å². The predicted molar refractivity (Wildman–Crippen MR) is 128 cm³/mol. The van der Waals surface area contributed by atoms with Gasteiger partial charge in [0.05, 0.1) is 20.7 Å². The number of unbranched alkanes of at least 4 members (excludes halogenated alkanes) is 10. The molecule has 0 fully saturated rings. The summed E-state index contributed by atoms with van der Waals surface area (Å²) >= 11 is 0. The van der Waals surface area contributed by atoms with Crippen molar-refractivity contribution in [2.75, 3.05) is 20.7 Å². The third kappa shape index (κ3) is 11.7. The van der Waals surface area contributed by atoms with Crippen molar-refractivity contribution < 1.29 is 14.0 Å². The second-order valence-electron chi connectivity index (χ2n) is 9.43. The number of carbonyl (C=O) groups is 1. The first kappa shape index (κ1) is 26.7. The lowest BCUT2D eigenvalue weighted by Gasteiger charge is -2.36. The van der Waals surface area contributed by atoms with Gasteiger partial charge in [0.15, 0.2) is 6.04 Å². The summed E-state index contributed by atoms with van der Waals surface area (Å²) in [4.78, 5) is 13.0. The molecular formula is C27H48NO2+. The minimum atomic E-state index is -0.0866. The fraction of sp³-hybridized carbons (Fsp3) is 0.741. The summed E-state index contributed by atoms with van der Waals surface area (Å²) in [5, 5.41) is 0. The van der Waals surface area contributed by atoms with Crippen molar-refractivity contribution in [2.45, 2.75) is 110 Å². The van der Waals surface area contributed by atoms with E-state index in [9.17, 15) is 4.79 Å². The Labute approximate surface area is 186 Å². The molecule has 0 unspecified atom stereocenters. The van der Waals surface area contributed by atoms with Gasteiger partial charge >= 0.3 is 5.97 Å². The van der Waals surface area contributed by atoms with Gasteiger partial charge in [-0.2, -0.15) is 0 Å². The molecule has 0 aromatic heterocycles. The monoisotopic (exact) mass is 418 g/mol. The van der Waals surface area contributed by atoms with Crippen LogP contribution in [0, 0.1) is 0 Å². The Bertz CT molecular complexity index is 541. The van der Waals surface area contributed by atoms with Gasteiger partial charge in [-0.1, -0.05) is 108 Å². The number of quaternary nitrogens is 1. The molecule has 1 aromatic carbocycles. The van der Waals surface area contributed by atoms with Crippen LogP contribution in [-0.4, -0.2) is 37.2 Å². The van der Waals surface area contributed by atoms with Gasteiger partial charge in [0, 0.05) is 12.0 Å². The number of esters is 1. The van der Waals surface area contributed by atoms with Gasteiger partial charge in [-0.3, -0.25) is 0 Å². The molecule has 3 heteroatoms. The lowest BCUT2D eigenvalue weighted by molar-refractivity contribution is -0.920. The molecule has 0 bridgehead atoms. The van der Waals surface area contributed by atoms with E-state index in [2.05, 4.69) is 52.2 Å². The fourth-order valence-electron chi connectivity index (χ4n) is 4.19. The third-order valence-corrected chi connectivity index (χ3v) is 6.12. The molecule has 1 aromatic rings. The van der Waals surface area contributed by atoms with E-state index in [1.807, 2.05) is 6.07 Å². The number of ether oxygens (including phenoxy) is 1. The Kier molecular flexibility index (Phi) is 14.5. The number of likely N-dealkylation sites (N-methyl/N-ethyl adjacent to an activating group) is 1. The first-order chi connectivity index (χ1) is 14.5. The van der Waals surface area contributed by atoms with Crippen molar-refractivity contribution in [2.24, 2.45) is 0 Å². The van der Waals surface area contributed by atoms with Crippen molar-refractivity contribution in [1.29, 1.82) is 0 Å². The highest BCUT2D eigenvalue weighted by Crippen LogP contribution is 2.21. The maximum Gasteiger partial charge on any atom is 0.364 e. The topological polar surface area (TPSA) is 26.3 Å². The van der Waals surface area contributed by atoms with E-state index in [0.717, 1.165) is 32.2 Å². The Morgan fingerprint density at radius 2 is 1.33 bits per heavy atom. The summed E-state index contributed by atoms with van der Waals surface area (Å²) in [6.07, 6.45) is 15.8. The third-order valence-electron chi connectivity index (χ3n) is 6.12. The number of hydrogen-bond acceptors (Lipinski definition) is 2. The molecule has 0 N–H and O–H groups in total. The minimum absolute atomic E-state index is 0.00428. The van der Waals surface area contributed by atoms with E-state index < -0.39 is 0 Å².